The molecule has 0 saturated heterocycles. The molecule has 0 saturated carbocycles. The maximum Gasteiger partial charge on any atom is 0.279 e. The van der Waals surface area contributed by atoms with Gasteiger partial charge < -0.3 is 4.74 Å². The van der Waals surface area contributed by atoms with Crippen LogP contribution in [-0.2, 0) is 0 Å². The predicted molar refractivity (Wildman–Crippen MR) is 86.1 cm³/mol. The van der Waals surface area contributed by atoms with E-state index in [2.05, 4.69) is 27.8 Å². The smallest absolute Gasteiger partial charge is 0.279 e. The van der Waals surface area contributed by atoms with E-state index in [-0.39, 0.29) is 5.69 Å². The van der Waals surface area contributed by atoms with E-state index in [0.29, 0.717) is 29.2 Å². The normalized spacial score (nSPS) is 12.3. The van der Waals surface area contributed by atoms with Crippen LogP contribution in [0.4, 0.5) is 5.69 Å². The molecule has 2 aromatic rings. The van der Waals surface area contributed by atoms with Crippen LogP contribution in [0.5, 0.6) is 5.75 Å². The molecule has 2 rings (SSSR count). The highest BCUT2D eigenvalue weighted by Gasteiger charge is 2.16. The summed E-state index contributed by atoms with van der Waals surface area (Å²) in [4.78, 5) is 14.9. The average Bonchev–Trinajstić information content (AvgIpc) is 2.50. The molecule has 0 bridgehead atoms. The van der Waals surface area contributed by atoms with Crippen LogP contribution in [0.2, 0.25) is 0 Å². The number of pyridine rings is 1. The van der Waals surface area contributed by atoms with Crippen molar-refractivity contribution in [2.75, 3.05) is 11.9 Å². The zero-order valence-electron chi connectivity index (χ0n) is 11.8. The first kappa shape index (κ1) is 15.7. The molecule has 0 aliphatic rings. The quantitative estimate of drug-likeness (QED) is 0.422. The third kappa shape index (κ3) is 3.69. The maximum atomic E-state index is 11.1. The molecule has 1 aromatic heterocycles. The maximum absolute atomic E-state index is 11.1. The first-order valence-electron chi connectivity index (χ1n) is 6.88. The highest BCUT2D eigenvalue weighted by atomic mass is 79.9. The van der Waals surface area contributed by atoms with E-state index in [1.165, 1.54) is 6.07 Å². The topological polar surface area (TPSA) is 65.3 Å². The number of rotatable bonds is 7. The molecule has 1 unspecified atom stereocenters. The molecule has 0 aliphatic heterocycles. The summed E-state index contributed by atoms with van der Waals surface area (Å²) in [5.74, 6) is 1.02. The number of nitro groups is 1. The molecule has 6 heteroatoms. The van der Waals surface area contributed by atoms with Crippen LogP contribution in [0.1, 0.15) is 19.8 Å². The minimum Gasteiger partial charge on any atom is -0.491 e. The molecule has 0 aliphatic carbocycles. The molecule has 112 valence electrons. The standard InChI is InChI=1S/C15H17BrN2O3/c1-2-4-11(9-16)10-21-14-7-6-13(18(19)20)12-5-3-8-17-15(12)14/h3,5-8,11H,2,4,9-10H2,1H3. The number of nitro benzene ring substituents is 1. The van der Waals surface area contributed by atoms with Gasteiger partial charge in [-0.3, -0.25) is 15.1 Å². The third-order valence-electron chi connectivity index (χ3n) is 3.30. The monoisotopic (exact) mass is 352 g/mol. The van der Waals surface area contributed by atoms with Gasteiger partial charge in [0.25, 0.3) is 5.69 Å². The van der Waals surface area contributed by atoms with Gasteiger partial charge in [0.05, 0.1) is 16.9 Å². The van der Waals surface area contributed by atoms with Crippen LogP contribution in [0.25, 0.3) is 10.9 Å². The van der Waals surface area contributed by atoms with E-state index in [4.69, 9.17) is 4.74 Å². The van der Waals surface area contributed by atoms with Crippen LogP contribution in [0.3, 0.4) is 0 Å². The van der Waals surface area contributed by atoms with Gasteiger partial charge >= 0.3 is 0 Å². The fourth-order valence-electron chi connectivity index (χ4n) is 2.23. The SMILES string of the molecule is CCCC(CBr)COc1ccc([N+](=O)[O-])c2cccnc12. The fraction of sp³-hybridized carbons (Fsp3) is 0.400. The summed E-state index contributed by atoms with van der Waals surface area (Å²) < 4.78 is 5.84. The van der Waals surface area contributed by atoms with Gasteiger partial charge in [-0.25, -0.2) is 0 Å². The molecule has 21 heavy (non-hydrogen) atoms. The lowest BCUT2D eigenvalue weighted by Gasteiger charge is -2.15. The van der Waals surface area contributed by atoms with Crippen molar-refractivity contribution in [3.05, 3.63) is 40.6 Å². The van der Waals surface area contributed by atoms with Crippen molar-refractivity contribution >= 4 is 32.5 Å². The van der Waals surface area contributed by atoms with Crippen molar-refractivity contribution in [3.63, 3.8) is 0 Å². The van der Waals surface area contributed by atoms with Gasteiger partial charge in [-0.2, -0.15) is 0 Å². The summed E-state index contributed by atoms with van der Waals surface area (Å²) in [6.45, 7) is 2.71. The average molecular weight is 353 g/mol. The van der Waals surface area contributed by atoms with E-state index >= 15 is 0 Å². The third-order valence-corrected chi connectivity index (χ3v) is 4.21. The van der Waals surface area contributed by atoms with E-state index in [1.54, 1.807) is 24.4 Å². The number of aromatic nitrogens is 1. The highest BCUT2D eigenvalue weighted by molar-refractivity contribution is 9.09. The molecule has 0 N–H and O–H groups in total. The second kappa shape index (κ2) is 7.36. The zero-order chi connectivity index (χ0) is 15.2. The lowest BCUT2D eigenvalue weighted by atomic mass is 10.1. The van der Waals surface area contributed by atoms with E-state index in [1.807, 2.05) is 0 Å². The van der Waals surface area contributed by atoms with Gasteiger partial charge in [-0.05, 0) is 24.6 Å². The predicted octanol–water partition coefficient (Wildman–Crippen LogP) is 4.33. The Morgan fingerprint density at radius 3 is 2.90 bits per heavy atom. The Kier molecular flexibility index (Phi) is 5.50. The second-order valence-electron chi connectivity index (χ2n) is 4.86. The molecule has 1 atom stereocenters. The van der Waals surface area contributed by atoms with Crippen LogP contribution < -0.4 is 4.74 Å². The summed E-state index contributed by atoms with van der Waals surface area (Å²) in [6.07, 6.45) is 3.79. The van der Waals surface area contributed by atoms with Crippen molar-refractivity contribution in [2.24, 2.45) is 5.92 Å². The van der Waals surface area contributed by atoms with Crippen molar-refractivity contribution in [2.45, 2.75) is 19.8 Å². The Morgan fingerprint density at radius 2 is 2.24 bits per heavy atom. The molecular weight excluding hydrogens is 336 g/mol. The molecule has 0 fully saturated rings. The number of nitrogens with zero attached hydrogens (tertiary/aromatic N) is 2. The molecule has 0 radical (unpaired) electrons. The Labute approximate surface area is 131 Å². The first-order chi connectivity index (χ1) is 10.2. The second-order valence-corrected chi connectivity index (χ2v) is 5.51. The van der Waals surface area contributed by atoms with Crippen LogP contribution in [-0.4, -0.2) is 21.8 Å². The Hall–Kier alpha value is -1.69. The molecule has 0 amide bonds. The van der Waals surface area contributed by atoms with Crippen LogP contribution in [0, 0.1) is 16.0 Å². The lowest BCUT2D eigenvalue weighted by molar-refractivity contribution is -0.383. The van der Waals surface area contributed by atoms with E-state index < -0.39 is 4.92 Å². The van der Waals surface area contributed by atoms with Crippen molar-refractivity contribution in [1.29, 1.82) is 0 Å². The van der Waals surface area contributed by atoms with Gasteiger partial charge in [0.2, 0.25) is 0 Å². The van der Waals surface area contributed by atoms with Crippen LogP contribution in [0.15, 0.2) is 30.5 Å². The summed E-state index contributed by atoms with van der Waals surface area (Å²) in [6, 6.07) is 6.49. The van der Waals surface area contributed by atoms with Gasteiger partial charge in [0.15, 0.2) is 0 Å². The lowest BCUT2D eigenvalue weighted by Crippen LogP contribution is -2.13. The fourth-order valence-corrected chi connectivity index (χ4v) is 2.74. The number of non-ortho nitro benzene ring substituents is 1. The van der Waals surface area contributed by atoms with Gasteiger partial charge in [-0.15, -0.1) is 0 Å². The summed E-state index contributed by atoms with van der Waals surface area (Å²) in [5.41, 5.74) is 0.590. The van der Waals surface area contributed by atoms with Crippen molar-refractivity contribution in [3.8, 4) is 5.75 Å². The van der Waals surface area contributed by atoms with E-state index in [9.17, 15) is 10.1 Å². The van der Waals surface area contributed by atoms with E-state index in [0.717, 1.165) is 18.2 Å². The number of ether oxygens (including phenoxy) is 1. The zero-order valence-corrected chi connectivity index (χ0v) is 13.4. The number of benzene rings is 1. The largest absolute Gasteiger partial charge is 0.491 e. The number of hydrogen-bond acceptors (Lipinski definition) is 4. The Morgan fingerprint density at radius 1 is 1.43 bits per heavy atom. The summed E-state index contributed by atoms with van der Waals surface area (Å²) in [7, 11) is 0. The number of fused-ring (bicyclic) bond motifs is 1. The molecule has 0 spiro atoms. The minimum atomic E-state index is -0.397. The van der Waals surface area contributed by atoms with Crippen molar-refractivity contribution < 1.29 is 9.66 Å². The molecular formula is C15H17BrN2O3. The van der Waals surface area contributed by atoms with Gasteiger partial charge in [0, 0.05) is 23.5 Å². The number of hydrogen-bond donors (Lipinski definition) is 0. The Balaban J connectivity index is 2.29. The van der Waals surface area contributed by atoms with Crippen LogP contribution >= 0.6 is 15.9 Å². The van der Waals surface area contributed by atoms with Gasteiger partial charge in [0.1, 0.15) is 11.3 Å². The van der Waals surface area contributed by atoms with Crippen molar-refractivity contribution in [1.82, 2.24) is 4.98 Å². The molecule has 5 nitrogen and oxygen atoms in total. The van der Waals surface area contributed by atoms with Gasteiger partial charge in [-0.1, -0.05) is 29.3 Å². The molecule has 1 heterocycles. The number of alkyl halides is 1. The highest BCUT2D eigenvalue weighted by Crippen LogP contribution is 2.31. The Bertz CT molecular complexity index is 633. The first-order valence-corrected chi connectivity index (χ1v) is 8.00. The number of halogens is 1. The summed E-state index contributed by atoms with van der Waals surface area (Å²) in [5, 5.41) is 12.4. The summed E-state index contributed by atoms with van der Waals surface area (Å²) >= 11 is 3.49. The minimum absolute atomic E-state index is 0.0519. The molecule has 1 aromatic carbocycles.